The number of ether oxygens (including phenoxy) is 1. The Morgan fingerprint density at radius 1 is 1.33 bits per heavy atom. The molecule has 0 aliphatic carbocycles. The van der Waals surface area contributed by atoms with Crippen LogP contribution in [0.25, 0.3) is 0 Å². The minimum Gasteiger partial charge on any atom is -0.494 e. The first kappa shape index (κ1) is 12.3. The van der Waals surface area contributed by atoms with Gasteiger partial charge in [0.1, 0.15) is 5.75 Å². The average Bonchev–Trinajstić information content (AvgIpc) is 2.72. The zero-order valence-electron chi connectivity index (χ0n) is 9.03. The van der Waals surface area contributed by atoms with E-state index < -0.39 is 0 Å². The molecule has 84 valence electrons. The van der Waals surface area contributed by atoms with E-state index in [2.05, 4.69) is 29.6 Å². The number of nitrogens with one attached hydrogen (secondary N) is 1. The molecule has 0 radical (unpaired) electrons. The highest BCUT2D eigenvalue weighted by Gasteiger charge is 2.15. The van der Waals surface area contributed by atoms with Crippen molar-refractivity contribution in [3.8, 4) is 5.75 Å². The van der Waals surface area contributed by atoms with Gasteiger partial charge < -0.3 is 10.1 Å². The van der Waals surface area contributed by atoms with Crippen LogP contribution in [0.15, 0.2) is 24.3 Å². The Hall–Kier alpha value is -0.730. The monoisotopic (exact) mass is 227 g/mol. The molecule has 1 aromatic rings. The van der Waals surface area contributed by atoms with Gasteiger partial charge in [0.15, 0.2) is 0 Å². The molecule has 0 saturated carbocycles. The lowest BCUT2D eigenvalue weighted by molar-refractivity contribution is 0.340. The number of hydrogen-bond acceptors (Lipinski definition) is 2. The summed E-state index contributed by atoms with van der Waals surface area (Å²) in [5, 5.41) is 3.48. The third kappa shape index (κ3) is 3.11. The standard InChI is InChI=1S/C12H17NO.ClH/c1-2-14-11-7-5-10(6-8-11)12-4-3-9-13-12;/h5-8,12-13H,2-4,9H2,1H3;1H. The van der Waals surface area contributed by atoms with Crippen molar-refractivity contribution in [2.24, 2.45) is 0 Å². The van der Waals surface area contributed by atoms with E-state index in [1.54, 1.807) is 0 Å². The van der Waals surface area contributed by atoms with Gasteiger partial charge in [-0.05, 0) is 44.0 Å². The van der Waals surface area contributed by atoms with E-state index in [1.807, 2.05) is 6.92 Å². The fourth-order valence-corrected chi connectivity index (χ4v) is 1.93. The van der Waals surface area contributed by atoms with Crippen LogP contribution in [0.4, 0.5) is 0 Å². The Kier molecular flexibility index (Phi) is 4.92. The molecule has 1 aliphatic rings. The van der Waals surface area contributed by atoms with Crippen molar-refractivity contribution in [2.75, 3.05) is 13.2 Å². The van der Waals surface area contributed by atoms with E-state index >= 15 is 0 Å². The zero-order valence-corrected chi connectivity index (χ0v) is 9.85. The lowest BCUT2D eigenvalue weighted by atomic mass is 10.1. The van der Waals surface area contributed by atoms with Crippen molar-refractivity contribution in [2.45, 2.75) is 25.8 Å². The van der Waals surface area contributed by atoms with Crippen molar-refractivity contribution in [1.29, 1.82) is 0 Å². The first-order valence-corrected chi connectivity index (χ1v) is 5.36. The third-order valence-corrected chi connectivity index (χ3v) is 2.65. The second kappa shape index (κ2) is 5.99. The van der Waals surface area contributed by atoms with Crippen LogP contribution in [-0.2, 0) is 0 Å². The van der Waals surface area contributed by atoms with Crippen LogP contribution in [-0.4, -0.2) is 13.2 Å². The highest BCUT2D eigenvalue weighted by atomic mass is 35.5. The lowest BCUT2D eigenvalue weighted by Crippen LogP contribution is -2.12. The molecule has 2 rings (SSSR count). The first-order valence-electron chi connectivity index (χ1n) is 5.36. The fourth-order valence-electron chi connectivity index (χ4n) is 1.93. The number of halogens is 1. The molecule has 3 heteroatoms. The van der Waals surface area contributed by atoms with Crippen LogP contribution in [0.2, 0.25) is 0 Å². The van der Waals surface area contributed by atoms with Crippen LogP contribution in [0.5, 0.6) is 5.75 Å². The van der Waals surface area contributed by atoms with Crippen molar-refractivity contribution >= 4 is 12.4 Å². The average molecular weight is 228 g/mol. The van der Waals surface area contributed by atoms with Gasteiger partial charge in [-0.3, -0.25) is 0 Å². The van der Waals surface area contributed by atoms with E-state index in [-0.39, 0.29) is 12.4 Å². The second-order valence-electron chi connectivity index (χ2n) is 3.65. The maximum Gasteiger partial charge on any atom is 0.119 e. The van der Waals surface area contributed by atoms with Crippen LogP contribution < -0.4 is 10.1 Å². The van der Waals surface area contributed by atoms with Crippen LogP contribution in [0.1, 0.15) is 31.4 Å². The Balaban J connectivity index is 0.00000112. The van der Waals surface area contributed by atoms with E-state index in [0.29, 0.717) is 6.04 Å². The maximum absolute atomic E-state index is 5.40. The summed E-state index contributed by atoms with van der Waals surface area (Å²) in [7, 11) is 0. The summed E-state index contributed by atoms with van der Waals surface area (Å²) in [6.07, 6.45) is 2.55. The predicted molar refractivity (Wildman–Crippen MR) is 64.8 cm³/mol. The zero-order chi connectivity index (χ0) is 9.80. The molecule has 1 unspecified atom stereocenters. The van der Waals surface area contributed by atoms with Gasteiger partial charge in [-0.1, -0.05) is 12.1 Å². The highest BCUT2D eigenvalue weighted by molar-refractivity contribution is 5.85. The molecule has 1 heterocycles. The van der Waals surface area contributed by atoms with Gasteiger partial charge in [0, 0.05) is 6.04 Å². The number of benzene rings is 1. The van der Waals surface area contributed by atoms with Gasteiger partial charge in [-0.25, -0.2) is 0 Å². The molecule has 1 atom stereocenters. The summed E-state index contributed by atoms with van der Waals surface area (Å²) < 4.78 is 5.40. The van der Waals surface area contributed by atoms with Gasteiger partial charge >= 0.3 is 0 Å². The summed E-state index contributed by atoms with van der Waals surface area (Å²) in [6, 6.07) is 8.99. The summed E-state index contributed by atoms with van der Waals surface area (Å²) in [6.45, 7) is 3.89. The van der Waals surface area contributed by atoms with E-state index in [0.717, 1.165) is 18.9 Å². The van der Waals surface area contributed by atoms with Gasteiger partial charge in [0.25, 0.3) is 0 Å². The summed E-state index contributed by atoms with van der Waals surface area (Å²) >= 11 is 0. The van der Waals surface area contributed by atoms with E-state index in [1.165, 1.54) is 18.4 Å². The second-order valence-corrected chi connectivity index (χ2v) is 3.65. The molecular formula is C12H18ClNO. The topological polar surface area (TPSA) is 21.3 Å². The maximum atomic E-state index is 5.40. The number of rotatable bonds is 3. The molecule has 1 aromatic carbocycles. The Bertz CT molecular complexity index is 280. The SMILES string of the molecule is CCOc1ccc(C2CCCN2)cc1.Cl. The molecular weight excluding hydrogens is 210 g/mol. The third-order valence-electron chi connectivity index (χ3n) is 2.65. The van der Waals surface area contributed by atoms with Crippen molar-refractivity contribution < 1.29 is 4.74 Å². The summed E-state index contributed by atoms with van der Waals surface area (Å²) in [4.78, 5) is 0. The summed E-state index contributed by atoms with van der Waals surface area (Å²) in [5.41, 5.74) is 1.38. The molecule has 0 amide bonds. The minimum atomic E-state index is 0. The molecule has 1 aliphatic heterocycles. The quantitative estimate of drug-likeness (QED) is 0.858. The van der Waals surface area contributed by atoms with Crippen molar-refractivity contribution in [3.63, 3.8) is 0 Å². The molecule has 15 heavy (non-hydrogen) atoms. The Morgan fingerprint density at radius 2 is 2.07 bits per heavy atom. The molecule has 0 bridgehead atoms. The van der Waals surface area contributed by atoms with E-state index in [9.17, 15) is 0 Å². The molecule has 0 spiro atoms. The molecule has 1 saturated heterocycles. The predicted octanol–water partition coefficient (Wildman–Crippen LogP) is 2.93. The molecule has 1 N–H and O–H groups in total. The highest BCUT2D eigenvalue weighted by Crippen LogP contribution is 2.24. The Morgan fingerprint density at radius 3 is 2.60 bits per heavy atom. The molecule has 2 nitrogen and oxygen atoms in total. The van der Waals surface area contributed by atoms with Gasteiger partial charge in [0.2, 0.25) is 0 Å². The fraction of sp³-hybridized carbons (Fsp3) is 0.500. The smallest absolute Gasteiger partial charge is 0.119 e. The van der Waals surface area contributed by atoms with E-state index in [4.69, 9.17) is 4.74 Å². The first-order chi connectivity index (χ1) is 6.90. The van der Waals surface area contributed by atoms with Crippen LogP contribution in [0, 0.1) is 0 Å². The van der Waals surface area contributed by atoms with Crippen LogP contribution in [0.3, 0.4) is 0 Å². The normalized spacial score (nSPS) is 19.7. The lowest BCUT2D eigenvalue weighted by Gasteiger charge is -2.11. The number of hydrogen-bond donors (Lipinski definition) is 1. The largest absolute Gasteiger partial charge is 0.494 e. The van der Waals surface area contributed by atoms with Gasteiger partial charge in [0.05, 0.1) is 6.61 Å². The van der Waals surface area contributed by atoms with Gasteiger partial charge in [-0.2, -0.15) is 0 Å². The summed E-state index contributed by atoms with van der Waals surface area (Å²) in [5.74, 6) is 0.967. The van der Waals surface area contributed by atoms with Crippen molar-refractivity contribution in [3.05, 3.63) is 29.8 Å². The van der Waals surface area contributed by atoms with Crippen molar-refractivity contribution in [1.82, 2.24) is 5.32 Å². The van der Waals surface area contributed by atoms with Gasteiger partial charge in [-0.15, -0.1) is 12.4 Å². The minimum absolute atomic E-state index is 0. The van der Waals surface area contributed by atoms with Crippen LogP contribution >= 0.6 is 12.4 Å². The molecule has 1 fully saturated rings. The molecule has 0 aromatic heterocycles. The Labute approximate surface area is 97.4 Å².